The molecule has 1 aliphatic rings. The Morgan fingerprint density at radius 3 is 2.28 bits per heavy atom. The predicted octanol–water partition coefficient (Wildman–Crippen LogP) is 3.53. The van der Waals surface area contributed by atoms with Crippen LogP contribution in [0.2, 0.25) is 0 Å². The SMILES string of the molecule is CCCC1C(CC)C=C(CC)C(O)C1(CC)CO. The lowest BCUT2D eigenvalue weighted by atomic mass is 9.57. The van der Waals surface area contributed by atoms with Crippen molar-refractivity contribution in [2.75, 3.05) is 6.61 Å². The molecule has 0 aliphatic heterocycles. The zero-order valence-corrected chi connectivity index (χ0v) is 12.4. The maximum absolute atomic E-state index is 10.7. The molecule has 0 saturated carbocycles. The van der Waals surface area contributed by atoms with Gasteiger partial charge >= 0.3 is 0 Å². The lowest BCUT2D eigenvalue weighted by Gasteiger charge is -2.49. The minimum absolute atomic E-state index is 0.100. The molecule has 0 radical (unpaired) electrons. The average Bonchev–Trinajstić information content (AvgIpc) is 2.40. The van der Waals surface area contributed by atoms with Crippen LogP contribution in [0.1, 0.15) is 59.8 Å². The van der Waals surface area contributed by atoms with Crippen molar-refractivity contribution in [2.24, 2.45) is 17.3 Å². The van der Waals surface area contributed by atoms with Gasteiger partial charge in [0.2, 0.25) is 0 Å². The molecule has 0 aromatic heterocycles. The quantitative estimate of drug-likeness (QED) is 0.712. The Morgan fingerprint density at radius 2 is 1.89 bits per heavy atom. The van der Waals surface area contributed by atoms with Crippen molar-refractivity contribution in [1.29, 1.82) is 0 Å². The third kappa shape index (κ3) is 2.50. The Morgan fingerprint density at radius 1 is 1.22 bits per heavy atom. The van der Waals surface area contributed by atoms with Gasteiger partial charge in [-0.3, -0.25) is 0 Å². The van der Waals surface area contributed by atoms with E-state index in [4.69, 9.17) is 0 Å². The van der Waals surface area contributed by atoms with Crippen LogP contribution in [0.25, 0.3) is 0 Å². The van der Waals surface area contributed by atoms with Gasteiger partial charge in [-0.05, 0) is 43.1 Å². The molecule has 0 spiro atoms. The molecule has 0 fully saturated rings. The van der Waals surface area contributed by atoms with E-state index in [-0.39, 0.29) is 12.0 Å². The van der Waals surface area contributed by atoms with Crippen molar-refractivity contribution in [3.05, 3.63) is 11.6 Å². The first-order valence-corrected chi connectivity index (χ1v) is 7.60. The van der Waals surface area contributed by atoms with Gasteiger partial charge < -0.3 is 10.2 Å². The van der Waals surface area contributed by atoms with Crippen LogP contribution in [0.4, 0.5) is 0 Å². The van der Waals surface area contributed by atoms with Crippen LogP contribution in [0.15, 0.2) is 11.6 Å². The van der Waals surface area contributed by atoms with Crippen molar-refractivity contribution >= 4 is 0 Å². The molecule has 0 amide bonds. The van der Waals surface area contributed by atoms with Gasteiger partial charge in [-0.25, -0.2) is 0 Å². The van der Waals surface area contributed by atoms with Crippen molar-refractivity contribution in [3.63, 3.8) is 0 Å². The molecule has 18 heavy (non-hydrogen) atoms. The molecule has 0 aromatic carbocycles. The summed E-state index contributed by atoms with van der Waals surface area (Å²) in [4.78, 5) is 0. The minimum atomic E-state index is -0.461. The van der Waals surface area contributed by atoms with Gasteiger partial charge in [0.15, 0.2) is 0 Å². The van der Waals surface area contributed by atoms with Crippen molar-refractivity contribution in [1.82, 2.24) is 0 Å². The summed E-state index contributed by atoms with van der Waals surface area (Å²) in [6.45, 7) is 8.71. The van der Waals surface area contributed by atoms with E-state index in [1.807, 2.05) is 0 Å². The fourth-order valence-electron chi connectivity index (χ4n) is 3.78. The maximum atomic E-state index is 10.7. The van der Waals surface area contributed by atoms with E-state index in [9.17, 15) is 10.2 Å². The number of hydrogen-bond donors (Lipinski definition) is 2. The second kappa shape index (κ2) is 6.72. The van der Waals surface area contributed by atoms with E-state index in [0.717, 1.165) is 37.7 Å². The highest BCUT2D eigenvalue weighted by Gasteiger charge is 2.48. The first-order valence-electron chi connectivity index (χ1n) is 7.60. The number of hydrogen-bond acceptors (Lipinski definition) is 2. The van der Waals surface area contributed by atoms with E-state index in [2.05, 4.69) is 33.8 Å². The summed E-state index contributed by atoms with van der Waals surface area (Å²) >= 11 is 0. The zero-order chi connectivity index (χ0) is 13.8. The molecular weight excluding hydrogens is 224 g/mol. The molecule has 1 rings (SSSR count). The molecule has 4 unspecified atom stereocenters. The number of rotatable bonds is 6. The van der Waals surface area contributed by atoms with E-state index in [1.165, 1.54) is 0 Å². The van der Waals surface area contributed by atoms with Gasteiger partial charge in [-0.2, -0.15) is 0 Å². The fraction of sp³-hybridized carbons (Fsp3) is 0.875. The highest BCUT2D eigenvalue weighted by molar-refractivity contribution is 5.21. The van der Waals surface area contributed by atoms with Crippen LogP contribution >= 0.6 is 0 Å². The summed E-state index contributed by atoms with van der Waals surface area (Å²) < 4.78 is 0. The summed E-state index contributed by atoms with van der Waals surface area (Å²) in [7, 11) is 0. The Kier molecular flexibility index (Phi) is 5.87. The second-order valence-electron chi connectivity index (χ2n) is 5.71. The molecule has 2 heteroatoms. The predicted molar refractivity (Wildman–Crippen MR) is 76.4 cm³/mol. The second-order valence-corrected chi connectivity index (χ2v) is 5.71. The Bertz CT molecular complexity index is 279. The first kappa shape index (κ1) is 15.7. The number of aliphatic hydroxyl groups is 2. The zero-order valence-electron chi connectivity index (χ0n) is 12.4. The summed E-state index contributed by atoms with van der Waals surface area (Å²) in [6.07, 6.45) is 6.87. The van der Waals surface area contributed by atoms with E-state index >= 15 is 0 Å². The molecule has 0 bridgehead atoms. The fourth-order valence-corrected chi connectivity index (χ4v) is 3.78. The van der Waals surface area contributed by atoms with Gasteiger partial charge in [0.05, 0.1) is 12.7 Å². The minimum Gasteiger partial charge on any atom is -0.396 e. The molecule has 2 nitrogen and oxygen atoms in total. The molecule has 0 saturated heterocycles. The number of allylic oxidation sites excluding steroid dienone is 1. The normalized spacial score (nSPS) is 36.6. The van der Waals surface area contributed by atoms with E-state index in [0.29, 0.717) is 11.8 Å². The molecule has 106 valence electrons. The van der Waals surface area contributed by atoms with E-state index in [1.54, 1.807) is 0 Å². The third-order valence-corrected chi connectivity index (χ3v) is 5.01. The smallest absolute Gasteiger partial charge is 0.0831 e. The lowest BCUT2D eigenvalue weighted by Crippen LogP contribution is -2.50. The summed E-state index contributed by atoms with van der Waals surface area (Å²) in [5, 5.41) is 20.6. The summed E-state index contributed by atoms with van der Waals surface area (Å²) in [6, 6.07) is 0. The van der Waals surface area contributed by atoms with Gasteiger partial charge in [-0.1, -0.05) is 40.2 Å². The first-order chi connectivity index (χ1) is 8.61. The average molecular weight is 254 g/mol. The van der Waals surface area contributed by atoms with Gasteiger partial charge in [0, 0.05) is 5.41 Å². The standard InChI is InChI=1S/C16H30O2/c1-5-9-14-12(6-2)10-13(7-3)15(18)16(14,8-4)11-17/h10,12,14-15,17-18H,5-9,11H2,1-4H3. The van der Waals surface area contributed by atoms with Crippen molar-refractivity contribution < 1.29 is 10.2 Å². The van der Waals surface area contributed by atoms with Gasteiger partial charge in [0.25, 0.3) is 0 Å². The third-order valence-electron chi connectivity index (χ3n) is 5.01. The molecule has 0 heterocycles. The van der Waals surface area contributed by atoms with Crippen LogP contribution in [-0.2, 0) is 0 Å². The Balaban J connectivity index is 3.20. The largest absolute Gasteiger partial charge is 0.396 e. The highest BCUT2D eigenvalue weighted by Crippen LogP contribution is 2.49. The van der Waals surface area contributed by atoms with Crippen LogP contribution in [0, 0.1) is 17.3 Å². The van der Waals surface area contributed by atoms with Crippen molar-refractivity contribution in [3.8, 4) is 0 Å². The van der Waals surface area contributed by atoms with Crippen LogP contribution in [0.5, 0.6) is 0 Å². The van der Waals surface area contributed by atoms with E-state index < -0.39 is 6.10 Å². The summed E-state index contributed by atoms with van der Waals surface area (Å²) in [5.41, 5.74) is 0.807. The Labute approximate surface area is 112 Å². The topological polar surface area (TPSA) is 40.5 Å². The molecule has 2 N–H and O–H groups in total. The van der Waals surface area contributed by atoms with Crippen LogP contribution in [0.3, 0.4) is 0 Å². The van der Waals surface area contributed by atoms with Crippen LogP contribution < -0.4 is 0 Å². The van der Waals surface area contributed by atoms with Gasteiger partial charge in [-0.15, -0.1) is 0 Å². The summed E-state index contributed by atoms with van der Waals surface area (Å²) in [5.74, 6) is 0.920. The molecule has 4 atom stereocenters. The lowest BCUT2D eigenvalue weighted by molar-refractivity contribution is -0.0709. The molecule has 0 aromatic rings. The Hall–Kier alpha value is -0.340. The van der Waals surface area contributed by atoms with Crippen molar-refractivity contribution in [2.45, 2.75) is 65.9 Å². The molecular formula is C16H30O2. The van der Waals surface area contributed by atoms with Crippen LogP contribution in [-0.4, -0.2) is 22.9 Å². The monoisotopic (exact) mass is 254 g/mol. The maximum Gasteiger partial charge on any atom is 0.0831 e. The van der Waals surface area contributed by atoms with Gasteiger partial charge in [0.1, 0.15) is 0 Å². The molecule has 1 aliphatic carbocycles. The highest BCUT2D eigenvalue weighted by atomic mass is 16.3. The number of aliphatic hydroxyl groups excluding tert-OH is 2.